The molecule has 0 bridgehead atoms. The van der Waals surface area contributed by atoms with Crippen LogP contribution in [0.25, 0.3) is 22.4 Å². The predicted octanol–water partition coefficient (Wildman–Crippen LogP) is 8.50. The lowest BCUT2D eigenvalue weighted by atomic mass is 10.0. The van der Waals surface area contributed by atoms with Gasteiger partial charge in [-0.05, 0) is 104 Å². The van der Waals surface area contributed by atoms with Crippen molar-refractivity contribution in [2.24, 2.45) is 0 Å². The van der Waals surface area contributed by atoms with Crippen LogP contribution in [0.4, 0.5) is 5.69 Å². The maximum Gasteiger partial charge on any atom is 0.203 e. The number of rotatable bonds is 11. The summed E-state index contributed by atoms with van der Waals surface area (Å²) in [4.78, 5) is 7.39. The van der Waals surface area contributed by atoms with Crippen molar-refractivity contribution in [1.82, 2.24) is 9.88 Å². The molecule has 1 aliphatic rings. The van der Waals surface area contributed by atoms with Crippen molar-refractivity contribution in [3.63, 3.8) is 0 Å². The molecule has 0 radical (unpaired) electrons. The van der Waals surface area contributed by atoms with Crippen molar-refractivity contribution in [1.29, 1.82) is 0 Å². The number of anilines is 1. The molecule has 1 N–H and O–H groups in total. The van der Waals surface area contributed by atoms with Crippen molar-refractivity contribution in [2.75, 3.05) is 67.3 Å². The molecule has 294 valence electrons. The minimum atomic E-state index is -3.16. The Bertz CT molecular complexity index is 2060. The fourth-order valence-corrected chi connectivity index (χ4v) is 6.94. The summed E-state index contributed by atoms with van der Waals surface area (Å²) in [5.74, 6) is 2.82. The van der Waals surface area contributed by atoms with Crippen LogP contribution < -0.4 is 24.3 Å². The molecule has 5 aromatic rings. The van der Waals surface area contributed by atoms with E-state index >= 15 is 0 Å². The van der Waals surface area contributed by atoms with Crippen LogP contribution >= 0.6 is 0 Å². The van der Waals surface area contributed by atoms with E-state index in [1.165, 1.54) is 17.4 Å². The van der Waals surface area contributed by atoms with Crippen molar-refractivity contribution < 1.29 is 32.1 Å². The molecule has 1 fully saturated rings. The monoisotopic (exact) mass is 769 g/mol. The lowest BCUT2D eigenvalue weighted by molar-refractivity contribution is 0.211. The van der Waals surface area contributed by atoms with Crippen LogP contribution in [-0.2, 0) is 21.1 Å². The first-order valence-electron chi connectivity index (χ1n) is 18.1. The van der Waals surface area contributed by atoms with Crippen molar-refractivity contribution in [3.8, 4) is 45.4 Å². The fourth-order valence-electron chi connectivity index (χ4n) is 6.31. The second-order valence-corrected chi connectivity index (χ2v) is 15.4. The number of hydrogen-bond donors (Lipinski definition) is 1. The number of piperidine rings is 1. The highest BCUT2D eigenvalue weighted by Gasteiger charge is 2.20. The summed E-state index contributed by atoms with van der Waals surface area (Å²) >= 11 is 0. The zero-order valence-corrected chi connectivity index (χ0v) is 34.3. The molecule has 10 nitrogen and oxygen atoms in total. The minimum Gasteiger partial charge on any atom is -0.496 e. The van der Waals surface area contributed by atoms with Crippen molar-refractivity contribution >= 4 is 15.5 Å². The Hall–Kier alpha value is -5.10. The lowest BCUT2D eigenvalue weighted by Crippen LogP contribution is -2.38. The number of sulfone groups is 1. The Labute approximate surface area is 327 Å². The zero-order valence-electron chi connectivity index (χ0n) is 33.5. The Morgan fingerprint density at radius 1 is 0.709 bits per heavy atom. The molecule has 0 atom stereocenters. The number of pyridine rings is 1. The van der Waals surface area contributed by atoms with Gasteiger partial charge in [0, 0.05) is 63.6 Å². The Balaban J connectivity index is 0.000000259. The number of likely N-dealkylation sites (tertiary alicyclic amines) is 1. The van der Waals surface area contributed by atoms with E-state index in [9.17, 15) is 8.42 Å². The van der Waals surface area contributed by atoms with E-state index < -0.39 is 9.84 Å². The minimum absolute atomic E-state index is 0.351. The van der Waals surface area contributed by atoms with Crippen molar-refractivity contribution in [2.45, 2.75) is 44.2 Å². The first kappa shape index (κ1) is 42.6. The molecule has 2 heterocycles. The molecule has 55 heavy (non-hydrogen) atoms. The quantitative estimate of drug-likeness (QED) is 0.141. The topological polar surface area (TPSA) is 108 Å². The number of nitrogens with one attached hydrogen (secondary N) is 1. The Morgan fingerprint density at radius 3 is 1.89 bits per heavy atom. The van der Waals surface area contributed by atoms with Crippen LogP contribution in [0.2, 0.25) is 0 Å². The number of hydrogen-bond acceptors (Lipinski definition) is 10. The smallest absolute Gasteiger partial charge is 0.203 e. The van der Waals surface area contributed by atoms with Gasteiger partial charge in [0.15, 0.2) is 21.3 Å². The van der Waals surface area contributed by atoms with E-state index in [4.69, 9.17) is 18.9 Å². The van der Waals surface area contributed by atoms with Crippen LogP contribution in [0, 0.1) is 13.8 Å². The maximum atomic E-state index is 11.6. The number of aryl methyl sites for hydroxylation is 2. The normalized spacial score (nSPS) is 13.0. The number of methoxy groups -OCH3 is 5. The standard InChI is InChI=1S/C26H31N3O3S.C16H18O3.C2H6O/c1-19-4-5-21(17-26(19)32-2)25-16-20(10-13-27-25)18-29-14-11-23(12-15-29)28-22-6-8-24(9-7-22)33(3,30)31;1-11-6-5-7-12(8-11)13-9-14(17-2)16(19-4)15(10-13)18-3;1-3-2/h4-10,13,16-17,23,28H,11-12,14-15,18H2,1-3H3;5-10H,1-4H3;1-2H3. The third-order valence-corrected chi connectivity index (χ3v) is 10.3. The molecule has 4 aromatic carbocycles. The van der Waals surface area contributed by atoms with E-state index in [1.807, 2.05) is 49.5 Å². The van der Waals surface area contributed by atoms with E-state index in [2.05, 4.69) is 69.3 Å². The maximum absolute atomic E-state index is 11.6. The number of ether oxygens (including phenoxy) is 5. The van der Waals surface area contributed by atoms with Crippen LogP contribution in [0.5, 0.6) is 23.0 Å². The largest absolute Gasteiger partial charge is 0.496 e. The van der Waals surface area contributed by atoms with Gasteiger partial charge in [-0.1, -0.05) is 42.0 Å². The molecule has 0 spiro atoms. The molecule has 0 unspecified atom stereocenters. The van der Waals surface area contributed by atoms with Gasteiger partial charge in [0.05, 0.1) is 39.0 Å². The SMILES string of the molecule is COC.COc1cc(-c2cc(CN3CCC(Nc4ccc(S(C)(=O)=O)cc4)CC3)ccn2)ccc1C.COc1cc(-c2cccc(C)c2)cc(OC)c1OC. The van der Waals surface area contributed by atoms with Crippen LogP contribution in [0.3, 0.4) is 0 Å². The average molecular weight is 770 g/mol. The first-order chi connectivity index (χ1) is 26.4. The van der Waals surface area contributed by atoms with Gasteiger partial charge in [0.1, 0.15) is 5.75 Å². The van der Waals surface area contributed by atoms with Gasteiger partial charge in [-0.15, -0.1) is 0 Å². The van der Waals surface area contributed by atoms with E-state index in [0.29, 0.717) is 28.2 Å². The van der Waals surface area contributed by atoms with E-state index in [-0.39, 0.29) is 0 Å². The molecule has 0 aliphatic carbocycles. The Morgan fingerprint density at radius 2 is 1.33 bits per heavy atom. The zero-order chi connectivity index (χ0) is 40.0. The van der Waals surface area contributed by atoms with Gasteiger partial charge in [0.25, 0.3) is 0 Å². The third-order valence-electron chi connectivity index (χ3n) is 9.19. The Kier molecular flexibility index (Phi) is 15.9. The second kappa shape index (κ2) is 20.5. The summed E-state index contributed by atoms with van der Waals surface area (Å²) in [6.07, 6.45) is 5.20. The summed E-state index contributed by atoms with van der Waals surface area (Å²) in [6.45, 7) is 7.02. The van der Waals surface area contributed by atoms with Gasteiger partial charge < -0.3 is 29.0 Å². The molecule has 0 amide bonds. The summed E-state index contributed by atoms with van der Waals surface area (Å²) in [6, 6.07) is 30.1. The number of aromatic nitrogens is 1. The van der Waals surface area contributed by atoms with Crippen LogP contribution in [0.15, 0.2) is 102 Å². The molecule has 1 aliphatic heterocycles. The number of nitrogens with zero attached hydrogens (tertiary/aromatic N) is 2. The molecule has 1 aromatic heterocycles. The highest BCUT2D eigenvalue weighted by atomic mass is 32.2. The van der Waals surface area contributed by atoms with Crippen molar-refractivity contribution in [3.05, 3.63) is 114 Å². The average Bonchev–Trinajstić information content (AvgIpc) is 3.18. The molecule has 11 heteroatoms. The van der Waals surface area contributed by atoms with Gasteiger partial charge in [-0.2, -0.15) is 0 Å². The third kappa shape index (κ3) is 12.2. The van der Waals surface area contributed by atoms with Gasteiger partial charge >= 0.3 is 0 Å². The summed E-state index contributed by atoms with van der Waals surface area (Å²) in [5.41, 5.74) is 8.73. The molecule has 1 saturated heterocycles. The lowest BCUT2D eigenvalue weighted by Gasteiger charge is -2.33. The van der Waals surface area contributed by atoms with Crippen LogP contribution in [0.1, 0.15) is 29.5 Å². The fraction of sp³-hybridized carbons (Fsp3) is 0.341. The number of benzene rings is 4. The summed E-state index contributed by atoms with van der Waals surface area (Å²) in [5, 5.41) is 3.55. The summed E-state index contributed by atoms with van der Waals surface area (Å²) in [7, 11) is 6.63. The highest BCUT2D eigenvalue weighted by Crippen LogP contribution is 2.41. The highest BCUT2D eigenvalue weighted by molar-refractivity contribution is 7.90. The first-order valence-corrected chi connectivity index (χ1v) is 20.0. The second-order valence-electron chi connectivity index (χ2n) is 13.4. The van der Waals surface area contributed by atoms with Gasteiger partial charge in [-0.25, -0.2) is 8.42 Å². The van der Waals surface area contributed by atoms with Gasteiger partial charge in [-0.3, -0.25) is 9.88 Å². The van der Waals surface area contributed by atoms with Crippen LogP contribution in [-0.4, -0.2) is 86.3 Å². The molecule has 0 saturated carbocycles. The van der Waals surface area contributed by atoms with Gasteiger partial charge in [0.2, 0.25) is 5.75 Å². The predicted molar refractivity (Wildman–Crippen MR) is 222 cm³/mol. The van der Waals surface area contributed by atoms with E-state index in [0.717, 1.165) is 71.9 Å². The molecule has 6 rings (SSSR count). The molecular formula is C44H55N3O7S. The van der Waals surface area contributed by atoms with E-state index in [1.54, 1.807) is 54.8 Å². The summed E-state index contributed by atoms with van der Waals surface area (Å²) < 4.78 is 49.0. The molecular weight excluding hydrogens is 715 g/mol.